The Balaban J connectivity index is 2.25. The van der Waals surface area contributed by atoms with E-state index in [1.807, 2.05) is 26.0 Å². The molecule has 0 spiro atoms. The maximum Gasteiger partial charge on any atom is 0.220 e. The summed E-state index contributed by atoms with van der Waals surface area (Å²) in [5.74, 6) is 0.0306. The third-order valence-corrected chi connectivity index (χ3v) is 3.26. The zero-order chi connectivity index (χ0) is 12.2. The molecule has 0 aromatic carbocycles. The van der Waals surface area contributed by atoms with Gasteiger partial charge >= 0.3 is 0 Å². The van der Waals surface area contributed by atoms with E-state index in [1.165, 1.54) is 11.3 Å². The highest BCUT2D eigenvalue weighted by atomic mass is 35.5. The van der Waals surface area contributed by atoms with E-state index in [1.54, 1.807) is 0 Å². The lowest BCUT2D eigenvalue weighted by molar-refractivity contribution is -0.121. The predicted molar refractivity (Wildman–Crippen MR) is 68.9 cm³/mol. The van der Waals surface area contributed by atoms with Gasteiger partial charge in [0.2, 0.25) is 5.91 Å². The van der Waals surface area contributed by atoms with E-state index in [9.17, 15) is 4.79 Å². The second kappa shape index (κ2) is 5.66. The van der Waals surface area contributed by atoms with Crippen molar-refractivity contribution >= 4 is 28.8 Å². The van der Waals surface area contributed by atoms with Crippen molar-refractivity contribution in [2.75, 3.05) is 6.54 Å². The van der Waals surface area contributed by atoms with Crippen molar-refractivity contribution < 1.29 is 4.79 Å². The Kier molecular flexibility index (Phi) is 4.77. The van der Waals surface area contributed by atoms with Crippen molar-refractivity contribution in [2.24, 2.45) is 5.73 Å². The lowest BCUT2D eigenvalue weighted by Gasteiger charge is -2.18. The fourth-order valence-electron chi connectivity index (χ4n) is 1.14. The molecule has 3 N–H and O–H groups in total. The van der Waals surface area contributed by atoms with Crippen LogP contribution in [0.15, 0.2) is 12.1 Å². The minimum atomic E-state index is -0.359. The van der Waals surface area contributed by atoms with Gasteiger partial charge in [-0.25, -0.2) is 0 Å². The van der Waals surface area contributed by atoms with Crippen molar-refractivity contribution in [3.05, 3.63) is 21.3 Å². The zero-order valence-corrected chi connectivity index (χ0v) is 11.1. The molecule has 3 nitrogen and oxygen atoms in total. The van der Waals surface area contributed by atoms with Gasteiger partial charge in [-0.05, 0) is 32.4 Å². The number of amides is 1. The molecule has 0 saturated heterocycles. The van der Waals surface area contributed by atoms with Crippen LogP contribution in [-0.4, -0.2) is 18.0 Å². The minimum absolute atomic E-state index is 0.0306. The van der Waals surface area contributed by atoms with Crippen LogP contribution in [-0.2, 0) is 11.2 Å². The molecule has 1 aromatic rings. The van der Waals surface area contributed by atoms with Crippen molar-refractivity contribution in [1.29, 1.82) is 0 Å². The Morgan fingerprint density at radius 3 is 2.75 bits per heavy atom. The van der Waals surface area contributed by atoms with Crippen molar-refractivity contribution in [3.63, 3.8) is 0 Å². The van der Waals surface area contributed by atoms with E-state index >= 15 is 0 Å². The average molecular weight is 261 g/mol. The molecule has 0 aliphatic heterocycles. The Morgan fingerprint density at radius 2 is 2.25 bits per heavy atom. The van der Waals surface area contributed by atoms with Gasteiger partial charge in [-0.15, -0.1) is 11.3 Å². The molecular weight excluding hydrogens is 244 g/mol. The summed E-state index contributed by atoms with van der Waals surface area (Å²) >= 11 is 7.31. The molecule has 0 atom stereocenters. The molecule has 1 heterocycles. The zero-order valence-electron chi connectivity index (χ0n) is 9.55. The molecule has 1 aromatic heterocycles. The molecular formula is C11H17ClN2OS. The summed E-state index contributed by atoms with van der Waals surface area (Å²) in [7, 11) is 0. The first-order valence-electron chi connectivity index (χ1n) is 5.16. The maximum absolute atomic E-state index is 11.5. The minimum Gasteiger partial charge on any atom is -0.354 e. The number of carbonyl (C=O) groups is 1. The molecule has 0 unspecified atom stereocenters. The van der Waals surface area contributed by atoms with E-state index < -0.39 is 0 Å². The monoisotopic (exact) mass is 260 g/mol. The number of hydrogen-bond acceptors (Lipinski definition) is 3. The van der Waals surface area contributed by atoms with Crippen molar-refractivity contribution in [2.45, 2.75) is 32.2 Å². The summed E-state index contributed by atoms with van der Waals surface area (Å²) in [5.41, 5.74) is 5.41. The number of thiophene rings is 1. The molecule has 1 rings (SSSR count). The van der Waals surface area contributed by atoms with Gasteiger partial charge in [0, 0.05) is 23.4 Å². The average Bonchev–Trinajstić information content (AvgIpc) is 2.57. The lowest BCUT2D eigenvalue weighted by Crippen LogP contribution is -2.45. The Labute approximate surface area is 105 Å². The van der Waals surface area contributed by atoms with E-state index in [-0.39, 0.29) is 11.4 Å². The maximum atomic E-state index is 11.5. The highest BCUT2D eigenvalue weighted by Gasteiger charge is 2.12. The van der Waals surface area contributed by atoms with Gasteiger partial charge in [-0.3, -0.25) is 4.79 Å². The first-order valence-corrected chi connectivity index (χ1v) is 6.36. The molecule has 16 heavy (non-hydrogen) atoms. The molecule has 0 bridgehead atoms. The quantitative estimate of drug-likeness (QED) is 0.853. The van der Waals surface area contributed by atoms with Crippen LogP contribution in [0.25, 0.3) is 0 Å². The number of halogens is 1. The van der Waals surface area contributed by atoms with Crippen LogP contribution in [0.1, 0.15) is 25.1 Å². The van der Waals surface area contributed by atoms with Gasteiger partial charge in [-0.1, -0.05) is 11.6 Å². The smallest absolute Gasteiger partial charge is 0.220 e. The number of aryl methyl sites for hydroxylation is 1. The Hall–Kier alpha value is -0.580. The first kappa shape index (κ1) is 13.5. The SMILES string of the molecule is CC(C)(N)CNC(=O)CCc1ccc(Cl)s1. The number of nitrogens with two attached hydrogens (primary N) is 1. The molecule has 0 aliphatic rings. The third-order valence-electron chi connectivity index (χ3n) is 1.97. The summed E-state index contributed by atoms with van der Waals surface area (Å²) in [6.45, 7) is 4.26. The standard InChI is InChI=1S/C11H17ClN2OS/c1-11(2,13)7-14-10(15)6-4-8-3-5-9(12)16-8/h3,5H,4,6-7,13H2,1-2H3,(H,14,15). The molecule has 5 heteroatoms. The van der Waals surface area contributed by atoms with Crippen molar-refractivity contribution in [1.82, 2.24) is 5.32 Å². The highest BCUT2D eigenvalue weighted by molar-refractivity contribution is 7.16. The first-order chi connectivity index (χ1) is 7.37. The van der Waals surface area contributed by atoms with E-state index in [2.05, 4.69) is 5.32 Å². The summed E-state index contributed by atoms with van der Waals surface area (Å²) in [6, 6.07) is 3.80. The molecule has 90 valence electrons. The van der Waals surface area contributed by atoms with Gasteiger partial charge < -0.3 is 11.1 Å². The number of nitrogens with one attached hydrogen (secondary N) is 1. The molecule has 0 fully saturated rings. The van der Waals surface area contributed by atoms with Crippen LogP contribution in [0.3, 0.4) is 0 Å². The van der Waals surface area contributed by atoms with Crippen LogP contribution in [0.2, 0.25) is 4.34 Å². The second-order valence-electron chi connectivity index (χ2n) is 4.47. The van der Waals surface area contributed by atoms with Gasteiger partial charge in [0.05, 0.1) is 4.34 Å². The van der Waals surface area contributed by atoms with Crippen LogP contribution in [0.4, 0.5) is 0 Å². The molecule has 1 amide bonds. The number of hydrogen-bond donors (Lipinski definition) is 2. The predicted octanol–water partition coefficient (Wildman–Crippen LogP) is 2.19. The normalized spacial score (nSPS) is 11.5. The molecule has 0 saturated carbocycles. The summed E-state index contributed by atoms with van der Waals surface area (Å²) in [5, 5.41) is 2.81. The molecule has 0 radical (unpaired) electrons. The fraction of sp³-hybridized carbons (Fsp3) is 0.545. The number of rotatable bonds is 5. The van der Waals surface area contributed by atoms with Crippen LogP contribution in [0.5, 0.6) is 0 Å². The Morgan fingerprint density at radius 1 is 1.56 bits per heavy atom. The van der Waals surface area contributed by atoms with Crippen LogP contribution < -0.4 is 11.1 Å². The van der Waals surface area contributed by atoms with Crippen molar-refractivity contribution in [3.8, 4) is 0 Å². The van der Waals surface area contributed by atoms with Gasteiger partial charge in [0.15, 0.2) is 0 Å². The van der Waals surface area contributed by atoms with E-state index in [4.69, 9.17) is 17.3 Å². The van der Waals surface area contributed by atoms with Crippen LogP contribution >= 0.6 is 22.9 Å². The number of carbonyl (C=O) groups excluding carboxylic acids is 1. The topological polar surface area (TPSA) is 55.1 Å². The van der Waals surface area contributed by atoms with E-state index in [0.29, 0.717) is 13.0 Å². The van der Waals surface area contributed by atoms with Crippen LogP contribution in [0, 0.1) is 0 Å². The second-order valence-corrected chi connectivity index (χ2v) is 6.27. The van der Waals surface area contributed by atoms with Gasteiger partial charge in [-0.2, -0.15) is 0 Å². The third kappa shape index (κ3) is 5.49. The lowest BCUT2D eigenvalue weighted by atomic mass is 10.1. The Bertz CT molecular complexity index is 357. The summed E-state index contributed by atoms with van der Waals surface area (Å²) in [6.07, 6.45) is 1.21. The van der Waals surface area contributed by atoms with Gasteiger partial charge in [0.1, 0.15) is 0 Å². The van der Waals surface area contributed by atoms with E-state index in [0.717, 1.165) is 15.6 Å². The largest absolute Gasteiger partial charge is 0.354 e. The summed E-state index contributed by atoms with van der Waals surface area (Å²) in [4.78, 5) is 12.6. The highest BCUT2D eigenvalue weighted by Crippen LogP contribution is 2.22. The summed E-state index contributed by atoms with van der Waals surface area (Å²) < 4.78 is 0.762. The molecule has 0 aliphatic carbocycles. The fourth-order valence-corrected chi connectivity index (χ4v) is 2.22. The van der Waals surface area contributed by atoms with Gasteiger partial charge in [0.25, 0.3) is 0 Å².